The standard InChI is InChI=1S/C13H20N2O/c1-15(8-10-2-3-10)9-13(16)11-4-6-12(14)7-5-11/h4-7,10,13,16H,2-3,8-9,14H2,1H3. The summed E-state index contributed by atoms with van der Waals surface area (Å²) in [5.41, 5.74) is 7.29. The van der Waals surface area contributed by atoms with Crippen LogP contribution in [-0.4, -0.2) is 30.1 Å². The van der Waals surface area contributed by atoms with Crippen LogP contribution in [0.1, 0.15) is 24.5 Å². The van der Waals surface area contributed by atoms with Gasteiger partial charge in [0.1, 0.15) is 0 Å². The van der Waals surface area contributed by atoms with Gasteiger partial charge >= 0.3 is 0 Å². The van der Waals surface area contributed by atoms with E-state index in [2.05, 4.69) is 11.9 Å². The van der Waals surface area contributed by atoms with Crippen LogP contribution in [0.15, 0.2) is 24.3 Å². The number of hydrogen-bond donors (Lipinski definition) is 2. The molecule has 1 atom stereocenters. The van der Waals surface area contributed by atoms with Gasteiger partial charge in [0.25, 0.3) is 0 Å². The van der Waals surface area contributed by atoms with Crippen LogP contribution in [-0.2, 0) is 0 Å². The van der Waals surface area contributed by atoms with Crippen molar-refractivity contribution in [3.8, 4) is 0 Å². The van der Waals surface area contributed by atoms with E-state index in [-0.39, 0.29) is 0 Å². The van der Waals surface area contributed by atoms with Gasteiger partial charge in [0.2, 0.25) is 0 Å². The lowest BCUT2D eigenvalue weighted by Gasteiger charge is -2.20. The molecule has 0 radical (unpaired) electrons. The number of nitrogens with zero attached hydrogens (tertiary/aromatic N) is 1. The summed E-state index contributed by atoms with van der Waals surface area (Å²) >= 11 is 0. The molecule has 1 aliphatic rings. The topological polar surface area (TPSA) is 49.5 Å². The molecule has 1 fully saturated rings. The first-order valence-corrected chi connectivity index (χ1v) is 5.87. The first-order valence-electron chi connectivity index (χ1n) is 5.87. The van der Waals surface area contributed by atoms with Crippen LogP contribution < -0.4 is 5.73 Å². The van der Waals surface area contributed by atoms with Crippen LogP contribution in [0, 0.1) is 5.92 Å². The van der Waals surface area contributed by atoms with E-state index >= 15 is 0 Å². The summed E-state index contributed by atoms with van der Waals surface area (Å²) in [6.45, 7) is 1.80. The fourth-order valence-corrected chi connectivity index (χ4v) is 1.93. The number of aliphatic hydroxyl groups is 1. The van der Waals surface area contributed by atoms with Crippen molar-refractivity contribution in [2.24, 2.45) is 5.92 Å². The zero-order valence-electron chi connectivity index (χ0n) is 9.76. The molecule has 1 aromatic rings. The predicted molar refractivity (Wildman–Crippen MR) is 66.0 cm³/mol. The van der Waals surface area contributed by atoms with E-state index in [9.17, 15) is 5.11 Å². The third kappa shape index (κ3) is 3.22. The molecule has 1 unspecified atom stereocenters. The van der Waals surface area contributed by atoms with Crippen molar-refractivity contribution in [2.75, 3.05) is 25.9 Å². The zero-order valence-corrected chi connectivity index (χ0v) is 9.76. The SMILES string of the molecule is CN(CC1CC1)CC(O)c1ccc(N)cc1. The highest BCUT2D eigenvalue weighted by Crippen LogP contribution is 2.29. The van der Waals surface area contributed by atoms with Gasteiger partial charge in [-0.2, -0.15) is 0 Å². The lowest BCUT2D eigenvalue weighted by molar-refractivity contribution is 0.124. The Morgan fingerprint density at radius 2 is 2.00 bits per heavy atom. The molecule has 88 valence electrons. The van der Waals surface area contributed by atoms with Gasteiger partial charge in [-0.05, 0) is 43.5 Å². The molecule has 0 bridgehead atoms. The Morgan fingerprint density at radius 1 is 1.38 bits per heavy atom. The maximum absolute atomic E-state index is 10.0. The van der Waals surface area contributed by atoms with E-state index in [1.54, 1.807) is 0 Å². The molecule has 0 saturated heterocycles. The number of nitrogen functional groups attached to an aromatic ring is 1. The summed E-state index contributed by atoms with van der Waals surface area (Å²) in [6, 6.07) is 7.45. The Balaban J connectivity index is 1.85. The van der Waals surface area contributed by atoms with Crippen molar-refractivity contribution in [1.29, 1.82) is 0 Å². The van der Waals surface area contributed by atoms with Crippen molar-refractivity contribution in [2.45, 2.75) is 18.9 Å². The largest absolute Gasteiger partial charge is 0.399 e. The van der Waals surface area contributed by atoms with E-state index in [1.807, 2.05) is 24.3 Å². The van der Waals surface area contributed by atoms with Crippen molar-refractivity contribution in [3.63, 3.8) is 0 Å². The average Bonchev–Trinajstić information content (AvgIpc) is 3.02. The van der Waals surface area contributed by atoms with Crippen LogP contribution in [0.4, 0.5) is 5.69 Å². The first kappa shape index (κ1) is 11.4. The fraction of sp³-hybridized carbons (Fsp3) is 0.538. The number of aliphatic hydroxyl groups excluding tert-OH is 1. The van der Waals surface area contributed by atoms with Gasteiger partial charge in [-0.25, -0.2) is 0 Å². The lowest BCUT2D eigenvalue weighted by atomic mass is 10.1. The molecule has 1 saturated carbocycles. The van der Waals surface area contributed by atoms with Crippen molar-refractivity contribution < 1.29 is 5.11 Å². The number of likely N-dealkylation sites (N-methyl/N-ethyl adjacent to an activating group) is 1. The van der Waals surface area contributed by atoms with E-state index in [0.717, 1.165) is 23.7 Å². The molecule has 0 spiro atoms. The average molecular weight is 220 g/mol. The van der Waals surface area contributed by atoms with Gasteiger partial charge in [-0.3, -0.25) is 0 Å². The van der Waals surface area contributed by atoms with E-state index in [0.29, 0.717) is 6.54 Å². The maximum atomic E-state index is 10.0. The molecule has 0 heterocycles. The van der Waals surface area contributed by atoms with Crippen LogP contribution >= 0.6 is 0 Å². The van der Waals surface area contributed by atoms with Crippen LogP contribution in [0.3, 0.4) is 0 Å². The minimum atomic E-state index is -0.413. The second-order valence-electron chi connectivity index (χ2n) is 4.85. The summed E-state index contributed by atoms with van der Waals surface area (Å²) in [7, 11) is 2.07. The summed E-state index contributed by atoms with van der Waals surface area (Å²) in [5.74, 6) is 0.864. The summed E-state index contributed by atoms with van der Waals surface area (Å²) in [4.78, 5) is 2.21. The molecule has 16 heavy (non-hydrogen) atoms. The van der Waals surface area contributed by atoms with E-state index in [1.165, 1.54) is 12.8 Å². The Hall–Kier alpha value is -1.06. The van der Waals surface area contributed by atoms with Gasteiger partial charge in [-0.1, -0.05) is 12.1 Å². The molecule has 3 nitrogen and oxygen atoms in total. The van der Waals surface area contributed by atoms with Gasteiger partial charge < -0.3 is 15.7 Å². The smallest absolute Gasteiger partial charge is 0.0916 e. The Morgan fingerprint density at radius 3 is 2.56 bits per heavy atom. The van der Waals surface area contributed by atoms with Crippen LogP contribution in [0.2, 0.25) is 0 Å². The predicted octanol–water partition coefficient (Wildman–Crippen LogP) is 1.64. The summed E-state index contributed by atoms with van der Waals surface area (Å²) in [6.07, 6.45) is 2.29. The highest BCUT2D eigenvalue weighted by atomic mass is 16.3. The second-order valence-corrected chi connectivity index (χ2v) is 4.85. The van der Waals surface area contributed by atoms with Crippen LogP contribution in [0.5, 0.6) is 0 Å². The minimum Gasteiger partial charge on any atom is -0.399 e. The van der Waals surface area contributed by atoms with E-state index < -0.39 is 6.10 Å². The third-order valence-electron chi connectivity index (χ3n) is 3.07. The Labute approximate surface area is 96.9 Å². The van der Waals surface area contributed by atoms with Gasteiger partial charge in [0.15, 0.2) is 0 Å². The summed E-state index contributed by atoms with van der Waals surface area (Å²) in [5, 5.41) is 10.0. The number of hydrogen-bond acceptors (Lipinski definition) is 3. The molecule has 3 heteroatoms. The van der Waals surface area contributed by atoms with Crippen molar-refractivity contribution in [1.82, 2.24) is 4.90 Å². The monoisotopic (exact) mass is 220 g/mol. The maximum Gasteiger partial charge on any atom is 0.0916 e. The quantitative estimate of drug-likeness (QED) is 0.742. The first-order chi connectivity index (χ1) is 7.65. The Kier molecular flexibility index (Phi) is 3.46. The van der Waals surface area contributed by atoms with Gasteiger partial charge in [-0.15, -0.1) is 0 Å². The number of anilines is 1. The van der Waals surface area contributed by atoms with Gasteiger partial charge in [0.05, 0.1) is 6.10 Å². The van der Waals surface area contributed by atoms with Crippen molar-refractivity contribution in [3.05, 3.63) is 29.8 Å². The molecule has 1 aliphatic carbocycles. The molecular formula is C13H20N2O. The molecule has 2 rings (SSSR count). The Bertz CT molecular complexity index is 332. The number of nitrogens with two attached hydrogens (primary N) is 1. The van der Waals surface area contributed by atoms with Gasteiger partial charge in [0, 0.05) is 18.8 Å². The second kappa shape index (κ2) is 4.85. The summed E-state index contributed by atoms with van der Waals surface area (Å²) < 4.78 is 0. The number of rotatable bonds is 5. The van der Waals surface area contributed by atoms with E-state index in [4.69, 9.17) is 5.73 Å². The minimum absolute atomic E-state index is 0.413. The molecule has 0 aliphatic heterocycles. The zero-order chi connectivity index (χ0) is 11.5. The molecule has 0 amide bonds. The lowest BCUT2D eigenvalue weighted by Crippen LogP contribution is -2.26. The van der Waals surface area contributed by atoms with Crippen LogP contribution in [0.25, 0.3) is 0 Å². The fourth-order valence-electron chi connectivity index (χ4n) is 1.93. The number of benzene rings is 1. The third-order valence-corrected chi connectivity index (χ3v) is 3.07. The van der Waals surface area contributed by atoms with Crippen molar-refractivity contribution >= 4 is 5.69 Å². The highest BCUT2D eigenvalue weighted by molar-refractivity contribution is 5.39. The normalized spacial score (nSPS) is 17.7. The molecular weight excluding hydrogens is 200 g/mol. The molecule has 0 aromatic heterocycles. The molecule has 3 N–H and O–H groups in total. The highest BCUT2D eigenvalue weighted by Gasteiger charge is 2.23. The molecule has 1 aromatic carbocycles.